The molecule has 1 aliphatic rings. The van der Waals surface area contributed by atoms with Crippen molar-refractivity contribution >= 4 is 0 Å². The molecule has 0 aromatic carbocycles. The lowest BCUT2D eigenvalue weighted by atomic mass is 9.68. The maximum absolute atomic E-state index is 6.70. The Morgan fingerprint density at radius 1 is 1.21 bits per heavy atom. The molecule has 2 nitrogen and oxygen atoms in total. The maximum Gasteiger partial charge on any atom is 0.0447 e. The first-order chi connectivity index (χ1) is 9.05. The minimum Gasteiger partial charge on any atom is -0.327 e. The molecule has 106 valence electrons. The molecule has 1 aromatic rings. The van der Waals surface area contributed by atoms with Crippen molar-refractivity contribution in [3.8, 4) is 0 Å². The number of nitrogens with two attached hydrogens (primary N) is 1. The van der Waals surface area contributed by atoms with E-state index in [1.165, 1.54) is 32.1 Å². The summed E-state index contributed by atoms with van der Waals surface area (Å²) in [7, 11) is 0. The Morgan fingerprint density at radius 3 is 2.42 bits per heavy atom. The van der Waals surface area contributed by atoms with Crippen molar-refractivity contribution in [3.63, 3.8) is 0 Å². The quantitative estimate of drug-likeness (QED) is 0.865. The molecule has 1 aromatic heterocycles. The van der Waals surface area contributed by atoms with E-state index in [-0.39, 0.29) is 6.04 Å². The zero-order valence-corrected chi connectivity index (χ0v) is 12.6. The van der Waals surface area contributed by atoms with Crippen molar-refractivity contribution in [1.29, 1.82) is 0 Å². The highest BCUT2D eigenvalue weighted by molar-refractivity contribution is 5.13. The summed E-state index contributed by atoms with van der Waals surface area (Å²) >= 11 is 0. The number of aromatic nitrogens is 1. The van der Waals surface area contributed by atoms with Gasteiger partial charge in [-0.25, -0.2) is 0 Å². The van der Waals surface area contributed by atoms with Crippen LogP contribution in [0.5, 0.6) is 0 Å². The van der Waals surface area contributed by atoms with Crippen molar-refractivity contribution in [2.75, 3.05) is 0 Å². The Balaban J connectivity index is 2.17. The third-order valence-corrected chi connectivity index (χ3v) is 4.81. The molecule has 0 radical (unpaired) electrons. The summed E-state index contributed by atoms with van der Waals surface area (Å²) in [5, 5.41) is 0. The Morgan fingerprint density at radius 2 is 1.89 bits per heavy atom. The van der Waals surface area contributed by atoms with Gasteiger partial charge in [-0.3, -0.25) is 4.98 Å². The fourth-order valence-corrected chi connectivity index (χ4v) is 3.93. The van der Waals surface area contributed by atoms with Gasteiger partial charge in [0.25, 0.3) is 0 Å². The first-order valence-electron chi connectivity index (χ1n) is 7.72. The van der Waals surface area contributed by atoms with E-state index in [4.69, 9.17) is 5.73 Å². The van der Waals surface area contributed by atoms with Gasteiger partial charge in [0.15, 0.2) is 0 Å². The van der Waals surface area contributed by atoms with Crippen molar-refractivity contribution in [2.45, 2.75) is 64.8 Å². The summed E-state index contributed by atoms with van der Waals surface area (Å²) in [6.45, 7) is 6.88. The van der Waals surface area contributed by atoms with Crippen molar-refractivity contribution in [3.05, 3.63) is 30.1 Å². The molecule has 1 saturated carbocycles. The largest absolute Gasteiger partial charge is 0.327 e. The minimum atomic E-state index is 0.229. The van der Waals surface area contributed by atoms with Crippen LogP contribution in [-0.4, -0.2) is 11.0 Å². The second-order valence-corrected chi connectivity index (χ2v) is 6.74. The molecule has 2 N–H and O–H groups in total. The van der Waals surface area contributed by atoms with Gasteiger partial charge in [0.1, 0.15) is 0 Å². The van der Waals surface area contributed by atoms with Gasteiger partial charge in [-0.05, 0) is 42.7 Å². The van der Waals surface area contributed by atoms with Crippen LogP contribution in [0.25, 0.3) is 0 Å². The van der Waals surface area contributed by atoms with E-state index in [0.717, 1.165) is 11.6 Å². The van der Waals surface area contributed by atoms with Crippen molar-refractivity contribution in [1.82, 2.24) is 4.98 Å². The smallest absolute Gasteiger partial charge is 0.0447 e. The molecule has 0 bridgehead atoms. The third-order valence-electron chi connectivity index (χ3n) is 4.81. The molecule has 2 rings (SSSR count). The van der Waals surface area contributed by atoms with E-state index in [9.17, 15) is 0 Å². The molecule has 2 heteroatoms. The predicted molar refractivity (Wildman–Crippen MR) is 81.0 cm³/mol. The zero-order valence-electron chi connectivity index (χ0n) is 12.6. The lowest BCUT2D eigenvalue weighted by Crippen LogP contribution is -2.44. The van der Waals surface area contributed by atoms with Gasteiger partial charge >= 0.3 is 0 Å². The summed E-state index contributed by atoms with van der Waals surface area (Å²) in [6.07, 6.45) is 8.41. The van der Waals surface area contributed by atoms with Crippen LogP contribution in [0.1, 0.15) is 64.5 Å². The first kappa shape index (κ1) is 14.5. The summed E-state index contributed by atoms with van der Waals surface area (Å²) in [5.74, 6) is 1.07. The number of rotatable bonds is 5. The van der Waals surface area contributed by atoms with Crippen LogP contribution in [-0.2, 0) is 0 Å². The molecular weight excluding hydrogens is 232 g/mol. The molecule has 1 fully saturated rings. The van der Waals surface area contributed by atoms with Gasteiger partial charge in [-0.2, -0.15) is 0 Å². The van der Waals surface area contributed by atoms with Crippen LogP contribution < -0.4 is 5.73 Å². The lowest BCUT2D eigenvalue weighted by Gasteiger charge is -2.40. The molecule has 2 atom stereocenters. The first-order valence-corrected chi connectivity index (χ1v) is 7.72. The monoisotopic (exact) mass is 260 g/mol. The van der Waals surface area contributed by atoms with E-state index in [1.807, 2.05) is 12.3 Å². The summed E-state index contributed by atoms with van der Waals surface area (Å²) in [5.41, 5.74) is 8.18. The van der Waals surface area contributed by atoms with Crippen LogP contribution in [0.4, 0.5) is 0 Å². The SMILES string of the molecule is CC(C)CC1(C(N)C(C)c2ccccn2)CCCC1. The van der Waals surface area contributed by atoms with Crippen LogP contribution in [0.15, 0.2) is 24.4 Å². The second-order valence-electron chi connectivity index (χ2n) is 6.74. The molecule has 0 aliphatic heterocycles. The highest BCUT2D eigenvalue weighted by atomic mass is 14.8. The number of hydrogen-bond donors (Lipinski definition) is 1. The molecule has 19 heavy (non-hydrogen) atoms. The highest BCUT2D eigenvalue weighted by Gasteiger charge is 2.42. The van der Waals surface area contributed by atoms with E-state index < -0.39 is 0 Å². The Bertz CT molecular complexity index is 380. The maximum atomic E-state index is 6.70. The summed E-state index contributed by atoms with van der Waals surface area (Å²) in [4.78, 5) is 4.50. The molecule has 1 aliphatic carbocycles. The fourth-order valence-electron chi connectivity index (χ4n) is 3.93. The molecule has 2 unspecified atom stereocenters. The number of pyridine rings is 1. The van der Waals surface area contributed by atoms with Gasteiger partial charge in [-0.15, -0.1) is 0 Å². The third kappa shape index (κ3) is 3.17. The molecule has 0 amide bonds. The van der Waals surface area contributed by atoms with Crippen molar-refractivity contribution < 1.29 is 0 Å². The Kier molecular flexibility index (Phi) is 4.62. The topological polar surface area (TPSA) is 38.9 Å². The van der Waals surface area contributed by atoms with E-state index >= 15 is 0 Å². The average molecular weight is 260 g/mol. The van der Waals surface area contributed by atoms with Gasteiger partial charge in [0.2, 0.25) is 0 Å². The molecule has 0 spiro atoms. The lowest BCUT2D eigenvalue weighted by molar-refractivity contribution is 0.165. The normalized spacial score (nSPS) is 21.5. The van der Waals surface area contributed by atoms with E-state index in [2.05, 4.69) is 37.9 Å². The Hall–Kier alpha value is -0.890. The average Bonchev–Trinajstić information content (AvgIpc) is 2.87. The van der Waals surface area contributed by atoms with Crippen molar-refractivity contribution in [2.24, 2.45) is 17.1 Å². The van der Waals surface area contributed by atoms with Gasteiger partial charge < -0.3 is 5.73 Å². The predicted octanol–water partition coefficient (Wildman–Crippen LogP) is 4.12. The summed E-state index contributed by atoms with van der Waals surface area (Å²) < 4.78 is 0. The zero-order chi connectivity index (χ0) is 13.9. The van der Waals surface area contributed by atoms with Crippen LogP contribution in [0.2, 0.25) is 0 Å². The van der Waals surface area contributed by atoms with Gasteiger partial charge in [0.05, 0.1) is 0 Å². The minimum absolute atomic E-state index is 0.229. The van der Waals surface area contributed by atoms with Crippen LogP contribution >= 0.6 is 0 Å². The van der Waals surface area contributed by atoms with Crippen LogP contribution in [0, 0.1) is 11.3 Å². The summed E-state index contributed by atoms with van der Waals surface area (Å²) in [6, 6.07) is 6.38. The standard InChI is InChI=1S/C17H28N2/c1-13(2)12-17(9-5-6-10-17)16(18)14(3)15-8-4-7-11-19-15/h4,7-8,11,13-14,16H,5-6,9-10,12,18H2,1-3H3. The number of hydrogen-bond acceptors (Lipinski definition) is 2. The second kappa shape index (κ2) is 6.04. The fraction of sp³-hybridized carbons (Fsp3) is 0.706. The highest BCUT2D eigenvalue weighted by Crippen LogP contribution is 2.48. The molecule has 0 saturated heterocycles. The van der Waals surface area contributed by atoms with E-state index in [0.29, 0.717) is 11.3 Å². The van der Waals surface area contributed by atoms with E-state index in [1.54, 1.807) is 0 Å². The van der Waals surface area contributed by atoms with Crippen LogP contribution in [0.3, 0.4) is 0 Å². The van der Waals surface area contributed by atoms with Gasteiger partial charge in [-0.1, -0.05) is 39.7 Å². The van der Waals surface area contributed by atoms with Gasteiger partial charge in [0, 0.05) is 23.9 Å². The molecular formula is C17H28N2. The number of nitrogens with zero attached hydrogens (tertiary/aromatic N) is 1. The molecule has 1 heterocycles. The Labute approximate surface area is 117 Å².